The first-order valence-corrected chi connectivity index (χ1v) is 5.40. The van der Waals surface area contributed by atoms with E-state index in [1.807, 2.05) is 36.7 Å². The van der Waals surface area contributed by atoms with Crippen molar-refractivity contribution >= 4 is 17.0 Å². The highest BCUT2D eigenvalue weighted by atomic mass is 16.4. The Balaban J connectivity index is 2.50. The Labute approximate surface area is 98.9 Å². The molecule has 0 aliphatic rings. The van der Waals surface area contributed by atoms with Crippen LogP contribution < -0.4 is 5.73 Å². The normalized spacial score (nSPS) is 12.9. The van der Waals surface area contributed by atoms with E-state index in [0.717, 1.165) is 22.4 Å². The van der Waals surface area contributed by atoms with E-state index in [0.29, 0.717) is 6.42 Å². The second-order valence-electron chi connectivity index (χ2n) is 4.15. The number of imidazole rings is 1. The summed E-state index contributed by atoms with van der Waals surface area (Å²) >= 11 is 0. The average Bonchev–Trinajstić information content (AvgIpc) is 2.56. The van der Waals surface area contributed by atoms with Gasteiger partial charge in [0.15, 0.2) is 0 Å². The summed E-state index contributed by atoms with van der Waals surface area (Å²) in [4.78, 5) is 15.2. The number of aliphatic carboxylic acids is 1. The zero-order chi connectivity index (χ0) is 12.6. The third kappa shape index (κ3) is 2.01. The van der Waals surface area contributed by atoms with Crippen molar-refractivity contribution in [1.29, 1.82) is 0 Å². The molecule has 0 aliphatic carbocycles. The van der Waals surface area contributed by atoms with Crippen molar-refractivity contribution in [3.63, 3.8) is 0 Å². The lowest BCUT2D eigenvalue weighted by Crippen LogP contribution is -2.32. The van der Waals surface area contributed by atoms with Crippen LogP contribution in [0.5, 0.6) is 0 Å². The van der Waals surface area contributed by atoms with Crippen molar-refractivity contribution in [2.75, 3.05) is 0 Å². The van der Waals surface area contributed by atoms with E-state index in [2.05, 4.69) is 4.98 Å². The molecule has 2 rings (SSSR count). The summed E-state index contributed by atoms with van der Waals surface area (Å²) in [6, 6.07) is 4.80. The highest BCUT2D eigenvalue weighted by Gasteiger charge is 2.16. The summed E-state index contributed by atoms with van der Waals surface area (Å²) in [5.41, 5.74) is 8.32. The molecule has 2 aromatic rings. The molecule has 5 nitrogen and oxygen atoms in total. The van der Waals surface area contributed by atoms with Crippen molar-refractivity contribution in [2.24, 2.45) is 12.8 Å². The number of nitrogens with two attached hydrogens (primary N) is 1. The zero-order valence-corrected chi connectivity index (χ0v) is 9.84. The zero-order valence-electron chi connectivity index (χ0n) is 9.84. The molecule has 1 unspecified atom stereocenters. The lowest BCUT2D eigenvalue weighted by molar-refractivity contribution is -0.138. The quantitative estimate of drug-likeness (QED) is 0.823. The standard InChI is InChI=1S/C12H15N3O2/c1-7-14-10-5-3-4-8(11(10)15(7)2)6-9(13)12(16)17/h3-5,9H,6,13H2,1-2H3,(H,16,17). The molecule has 0 aliphatic heterocycles. The molecule has 1 heterocycles. The van der Waals surface area contributed by atoms with Crippen LogP contribution >= 0.6 is 0 Å². The van der Waals surface area contributed by atoms with Gasteiger partial charge >= 0.3 is 5.97 Å². The number of rotatable bonds is 3. The van der Waals surface area contributed by atoms with Crippen LogP contribution in [0, 0.1) is 6.92 Å². The molecule has 1 aromatic carbocycles. The van der Waals surface area contributed by atoms with Crippen LogP contribution in [0.2, 0.25) is 0 Å². The number of aromatic nitrogens is 2. The Morgan fingerprint density at radius 1 is 1.59 bits per heavy atom. The SMILES string of the molecule is Cc1nc2cccc(CC(N)C(=O)O)c2n1C. The van der Waals surface area contributed by atoms with Gasteiger partial charge in [-0.15, -0.1) is 0 Å². The number of benzene rings is 1. The van der Waals surface area contributed by atoms with Crippen LogP contribution in [0.15, 0.2) is 18.2 Å². The predicted molar refractivity (Wildman–Crippen MR) is 64.8 cm³/mol. The van der Waals surface area contributed by atoms with Crippen LogP contribution in [0.4, 0.5) is 0 Å². The van der Waals surface area contributed by atoms with E-state index in [4.69, 9.17) is 10.8 Å². The van der Waals surface area contributed by atoms with Gasteiger partial charge in [-0.1, -0.05) is 12.1 Å². The summed E-state index contributed by atoms with van der Waals surface area (Å²) in [7, 11) is 1.92. The molecule has 0 amide bonds. The van der Waals surface area contributed by atoms with Gasteiger partial charge in [0.1, 0.15) is 11.9 Å². The van der Waals surface area contributed by atoms with Gasteiger partial charge in [-0.25, -0.2) is 4.98 Å². The molecule has 0 fully saturated rings. The third-order valence-corrected chi connectivity index (χ3v) is 2.96. The lowest BCUT2D eigenvalue weighted by atomic mass is 10.1. The van der Waals surface area contributed by atoms with Crippen LogP contribution in [-0.4, -0.2) is 26.7 Å². The molecule has 0 bridgehead atoms. The smallest absolute Gasteiger partial charge is 0.320 e. The van der Waals surface area contributed by atoms with Crippen LogP contribution in [-0.2, 0) is 18.3 Å². The second-order valence-corrected chi connectivity index (χ2v) is 4.15. The first-order chi connectivity index (χ1) is 8.00. The number of carboxylic acid groups (broad SMARTS) is 1. The van der Waals surface area contributed by atoms with Crippen LogP contribution in [0.25, 0.3) is 11.0 Å². The Bertz CT molecular complexity index is 574. The fourth-order valence-corrected chi connectivity index (χ4v) is 1.96. The lowest BCUT2D eigenvalue weighted by Gasteiger charge is -2.09. The minimum Gasteiger partial charge on any atom is -0.480 e. The number of hydrogen-bond donors (Lipinski definition) is 2. The average molecular weight is 233 g/mol. The molecular weight excluding hydrogens is 218 g/mol. The van der Waals surface area contributed by atoms with Crippen molar-refractivity contribution in [3.8, 4) is 0 Å². The number of carbonyl (C=O) groups is 1. The topological polar surface area (TPSA) is 81.1 Å². The molecule has 90 valence electrons. The number of fused-ring (bicyclic) bond motifs is 1. The number of carboxylic acids is 1. The molecule has 1 atom stereocenters. The summed E-state index contributed by atoms with van der Waals surface area (Å²) in [5, 5.41) is 8.84. The molecular formula is C12H15N3O2. The third-order valence-electron chi connectivity index (χ3n) is 2.96. The van der Waals surface area contributed by atoms with Gasteiger partial charge in [0.05, 0.1) is 11.0 Å². The molecule has 0 saturated heterocycles. The molecule has 5 heteroatoms. The molecule has 17 heavy (non-hydrogen) atoms. The summed E-state index contributed by atoms with van der Waals surface area (Å²) in [5.74, 6) is -0.0859. The predicted octanol–water partition coefficient (Wildman–Crippen LogP) is 0.836. The van der Waals surface area contributed by atoms with Crippen molar-refractivity contribution in [2.45, 2.75) is 19.4 Å². The summed E-state index contributed by atoms with van der Waals surface area (Å²) in [6.07, 6.45) is 0.311. The van der Waals surface area contributed by atoms with Crippen LogP contribution in [0.3, 0.4) is 0 Å². The van der Waals surface area contributed by atoms with E-state index in [9.17, 15) is 4.79 Å². The van der Waals surface area contributed by atoms with Crippen molar-refractivity contribution in [1.82, 2.24) is 9.55 Å². The van der Waals surface area contributed by atoms with Gasteiger partial charge in [0, 0.05) is 13.5 Å². The van der Waals surface area contributed by atoms with Gasteiger partial charge in [0.2, 0.25) is 0 Å². The van der Waals surface area contributed by atoms with Crippen molar-refractivity contribution < 1.29 is 9.90 Å². The van der Waals surface area contributed by atoms with Gasteiger partial charge < -0.3 is 15.4 Å². The minimum absolute atomic E-state index is 0.311. The van der Waals surface area contributed by atoms with Gasteiger partial charge in [-0.3, -0.25) is 4.79 Å². The number of para-hydroxylation sites is 1. The second kappa shape index (κ2) is 4.18. The first kappa shape index (κ1) is 11.6. The number of nitrogens with zero attached hydrogens (tertiary/aromatic N) is 2. The monoisotopic (exact) mass is 233 g/mol. The maximum atomic E-state index is 10.8. The van der Waals surface area contributed by atoms with E-state index in [-0.39, 0.29) is 0 Å². The summed E-state index contributed by atoms with van der Waals surface area (Å²) in [6.45, 7) is 1.92. The molecule has 0 radical (unpaired) electrons. The molecule has 3 N–H and O–H groups in total. The van der Waals surface area contributed by atoms with Gasteiger partial charge in [-0.2, -0.15) is 0 Å². The Morgan fingerprint density at radius 2 is 2.29 bits per heavy atom. The van der Waals surface area contributed by atoms with Gasteiger partial charge in [-0.05, 0) is 18.6 Å². The Kier molecular flexibility index (Phi) is 2.85. The van der Waals surface area contributed by atoms with E-state index in [1.54, 1.807) is 0 Å². The fraction of sp³-hybridized carbons (Fsp3) is 0.333. The maximum absolute atomic E-state index is 10.8. The minimum atomic E-state index is -0.985. The van der Waals surface area contributed by atoms with Crippen molar-refractivity contribution in [3.05, 3.63) is 29.6 Å². The fourth-order valence-electron chi connectivity index (χ4n) is 1.96. The highest BCUT2D eigenvalue weighted by molar-refractivity contribution is 5.81. The summed E-state index contributed by atoms with van der Waals surface area (Å²) < 4.78 is 1.96. The molecule has 0 spiro atoms. The first-order valence-electron chi connectivity index (χ1n) is 5.40. The van der Waals surface area contributed by atoms with E-state index < -0.39 is 12.0 Å². The van der Waals surface area contributed by atoms with Gasteiger partial charge in [0.25, 0.3) is 0 Å². The van der Waals surface area contributed by atoms with E-state index in [1.165, 1.54) is 0 Å². The molecule has 1 aromatic heterocycles. The largest absolute Gasteiger partial charge is 0.480 e. The van der Waals surface area contributed by atoms with E-state index >= 15 is 0 Å². The van der Waals surface area contributed by atoms with Crippen LogP contribution in [0.1, 0.15) is 11.4 Å². The maximum Gasteiger partial charge on any atom is 0.320 e. The Morgan fingerprint density at radius 3 is 2.94 bits per heavy atom. The highest BCUT2D eigenvalue weighted by Crippen LogP contribution is 2.20. The number of hydrogen-bond acceptors (Lipinski definition) is 3. The Hall–Kier alpha value is -1.88. The molecule has 0 saturated carbocycles. The number of aryl methyl sites for hydroxylation is 2.